The number of rotatable bonds is 45. The van der Waals surface area contributed by atoms with Crippen LogP contribution in [0.1, 0.15) is 77.6 Å². The zero-order chi connectivity index (χ0) is 56.1. The quantitative estimate of drug-likeness (QED) is 0.0306. The lowest BCUT2D eigenvalue weighted by Crippen LogP contribution is -2.34. The Morgan fingerprint density at radius 1 is 0.368 bits per heavy atom. The zero-order valence-corrected chi connectivity index (χ0v) is 45.7. The second kappa shape index (κ2) is 43.5. The summed E-state index contributed by atoms with van der Waals surface area (Å²) in [5.41, 5.74) is -0.926. The van der Waals surface area contributed by atoms with Crippen molar-refractivity contribution in [3.8, 4) is 11.5 Å². The highest BCUT2D eigenvalue weighted by atomic mass is 16.6. The van der Waals surface area contributed by atoms with Gasteiger partial charge in [-0.2, -0.15) is 0 Å². The molecule has 0 fully saturated rings. The summed E-state index contributed by atoms with van der Waals surface area (Å²) in [6.45, 7) is 16.4. The number of esters is 1. The number of hydrogen-bond acceptors (Lipinski definition) is 20. The second-order valence-corrected chi connectivity index (χ2v) is 18.2. The molecule has 0 aliphatic carbocycles. The van der Waals surface area contributed by atoms with Gasteiger partial charge in [-0.05, 0) is 79.4 Å². The molecule has 26 nitrogen and oxygen atoms in total. The van der Waals surface area contributed by atoms with Crippen LogP contribution < -0.4 is 41.4 Å². The zero-order valence-electron chi connectivity index (χ0n) is 45.7. The Balaban J connectivity index is 2.07. The normalized spacial score (nSPS) is 11.2. The molecule has 0 saturated heterocycles. The van der Waals surface area contributed by atoms with Crippen molar-refractivity contribution in [2.45, 2.75) is 78.4 Å². The van der Waals surface area contributed by atoms with Crippen LogP contribution in [-0.4, -0.2) is 218 Å². The molecule has 0 heterocycles. The van der Waals surface area contributed by atoms with Gasteiger partial charge in [-0.25, -0.2) is 14.4 Å². The first-order valence-electron chi connectivity index (χ1n) is 25.5. The van der Waals surface area contributed by atoms with Crippen molar-refractivity contribution >= 4 is 41.8 Å². The fraction of sp³-hybridized carbons (Fsp3) is 0.740. The molecule has 76 heavy (non-hydrogen) atoms. The van der Waals surface area contributed by atoms with Gasteiger partial charge in [-0.3, -0.25) is 19.2 Å². The summed E-state index contributed by atoms with van der Waals surface area (Å²) in [6.07, 6.45) is 1.54. The number of ether oxygens (including phenoxy) is 13. The number of hydrogen-bond donors (Lipinski definition) is 6. The number of methoxy groups -OCH3 is 1. The number of nitrogens with one attached hydrogen (secondary N) is 6. The summed E-state index contributed by atoms with van der Waals surface area (Å²) in [5, 5.41) is 16.0. The van der Waals surface area contributed by atoms with Crippen molar-refractivity contribution in [3.05, 3.63) is 23.8 Å². The van der Waals surface area contributed by atoms with E-state index in [1.165, 1.54) is 25.3 Å². The predicted octanol–water partition coefficient (Wildman–Crippen LogP) is 1.44. The van der Waals surface area contributed by atoms with Crippen molar-refractivity contribution in [3.63, 3.8) is 0 Å². The van der Waals surface area contributed by atoms with E-state index in [2.05, 4.69) is 31.9 Å². The van der Waals surface area contributed by atoms with Gasteiger partial charge in [0.15, 0.2) is 0 Å². The number of carbonyl (C=O) groups excluding carboxylic acids is 7. The summed E-state index contributed by atoms with van der Waals surface area (Å²) in [7, 11) is 1.23. The molecule has 0 unspecified atom stereocenters. The highest BCUT2D eigenvalue weighted by Crippen LogP contribution is 2.24. The highest BCUT2D eigenvalue weighted by molar-refractivity contribution is 5.90. The van der Waals surface area contributed by atoms with Gasteiger partial charge in [0, 0.05) is 58.7 Å². The third-order valence-corrected chi connectivity index (χ3v) is 8.95. The minimum Gasteiger partial charge on any atom is -0.492 e. The van der Waals surface area contributed by atoms with Gasteiger partial charge in [0.05, 0.1) is 78.6 Å². The van der Waals surface area contributed by atoms with Crippen LogP contribution in [0.25, 0.3) is 0 Å². The van der Waals surface area contributed by atoms with Crippen molar-refractivity contribution in [2.24, 2.45) is 0 Å². The average molecular weight is 1090 g/mol. The Hall–Kier alpha value is -5.61. The number of benzene rings is 1. The van der Waals surface area contributed by atoms with Gasteiger partial charge in [0.25, 0.3) is 0 Å². The van der Waals surface area contributed by atoms with Gasteiger partial charge >= 0.3 is 18.2 Å². The Morgan fingerprint density at radius 2 is 0.658 bits per heavy atom. The predicted molar refractivity (Wildman–Crippen MR) is 274 cm³/mol. The van der Waals surface area contributed by atoms with E-state index in [1.54, 1.807) is 41.5 Å². The van der Waals surface area contributed by atoms with Crippen LogP contribution in [0.15, 0.2) is 18.2 Å². The molecule has 26 heteroatoms. The Morgan fingerprint density at radius 3 is 0.961 bits per heavy atom. The maximum absolute atomic E-state index is 12.3. The van der Waals surface area contributed by atoms with Gasteiger partial charge in [0.1, 0.15) is 62.3 Å². The maximum Gasteiger partial charge on any atom is 0.407 e. The summed E-state index contributed by atoms with van der Waals surface area (Å²) in [5.74, 6) is -1.82. The van der Waals surface area contributed by atoms with Crippen molar-refractivity contribution in [2.75, 3.05) is 165 Å². The monoisotopic (exact) mass is 1090 g/mol. The molecule has 0 atom stereocenters. The molecular weight excluding hydrogens is 1000 g/mol. The first-order chi connectivity index (χ1) is 36.4. The van der Waals surface area contributed by atoms with Crippen LogP contribution >= 0.6 is 0 Å². The van der Waals surface area contributed by atoms with Crippen LogP contribution in [0.5, 0.6) is 11.5 Å². The Labute approximate surface area is 446 Å². The van der Waals surface area contributed by atoms with E-state index in [-0.39, 0.29) is 81.6 Å². The first kappa shape index (κ1) is 68.4. The van der Waals surface area contributed by atoms with Crippen molar-refractivity contribution in [1.82, 2.24) is 31.9 Å². The second-order valence-electron chi connectivity index (χ2n) is 18.2. The van der Waals surface area contributed by atoms with Crippen LogP contribution in [-0.2, 0) is 71.3 Å². The molecule has 0 aromatic heterocycles. The smallest absolute Gasteiger partial charge is 0.407 e. The van der Waals surface area contributed by atoms with E-state index in [4.69, 9.17) is 61.6 Å². The van der Waals surface area contributed by atoms with E-state index >= 15 is 0 Å². The topological polar surface area (TPSA) is 312 Å². The van der Waals surface area contributed by atoms with Gasteiger partial charge in [-0.1, -0.05) is 0 Å². The molecule has 0 aliphatic rings. The van der Waals surface area contributed by atoms with Crippen LogP contribution in [0.2, 0.25) is 0 Å². The van der Waals surface area contributed by atoms with Crippen LogP contribution in [0.4, 0.5) is 9.59 Å². The molecule has 0 aliphatic heterocycles. The fourth-order valence-electron chi connectivity index (χ4n) is 5.62. The fourth-order valence-corrected chi connectivity index (χ4v) is 5.62. The summed E-state index contributed by atoms with van der Waals surface area (Å²) < 4.78 is 69.8. The van der Waals surface area contributed by atoms with E-state index in [0.717, 1.165) is 0 Å². The highest BCUT2D eigenvalue weighted by Gasteiger charge is 2.17. The molecule has 0 saturated carbocycles. The first-order valence-corrected chi connectivity index (χ1v) is 25.5. The number of alkyl carbamates (subject to hydrolysis) is 2. The van der Waals surface area contributed by atoms with Crippen LogP contribution in [0, 0.1) is 0 Å². The Kier molecular flexibility index (Phi) is 39.1. The molecule has 6 N–H and O–H groups in total. The molecular formula is C50H86N6O20. The van der Waals surface area contributed by atoms with Crippen LogP contribution in [0.3, 0.4) is 0 Å². The largest absolute Gasteiger partial charge is 0.492 e. The minimum absolute atomic E-state index is 0.0234. The Bertz CT molecular complexity index is 1670. The molecule has 1 aromatic rings. The SMILES string of the molecule is COC(=O)c1cc(OCCNC(=O)COCC(=O)NCCCOCCOCCOCCCNC(=O)OC(C)(C)C)cc(OCCNC(=O)COCC(=O)NCCCOCCOCCOCCCNC(=O)OC(C)(C)C)c1. The lowest BCUT2D eigenvalue weighted by Gasteiger charge is -2.19. The third-order valence-electron chi connectivity index (χ3n) is 8.95. The van der Waals surface area contributed by atoms with E-state index in [9.17, 15) is 33.6 Å². The van der Waals surface area contributed by atoms with Crippen molar-refractivity contribution < 1.29 is 95.1 Å². The summed E-state index contributed by atoms with van der Waals surface area (Å²) in [4.78, 5) is 84.1. The molecule has 436 valence electrons. The molecule has 0 radical (unpaired) electrons. The molecule has 6 amide bonds. The lowest BCUT2D eigenvalue weighted by molar-refractivity contribution is -0.132. The summed E-state index contributed by atoms with van der Waals surface area (Å²) in [6, 6.07) is 4.42. The number of carbonyl (C=O) groups is 7. The molecule has 0 bridgehead atoms. The van der Waals surface area contributed by atoms with Gasteiger partial charge in [-0.15, -0.1) is 0 Å². The van der Waals surface area contributed by atoms with E-state index in [0.29, 0.717) is 131 Å². The standard InChI is InChI=1S/C50H86N6O20/c1-49(2,3)75-47(62)55-14-10-20-67-26-30-69-28-24-65-18-8-12-51-42(57)35-71-37-44(59)53-16-22-73-40-32-39(46(61)64-7)33-41(34-40)74-23-17-54-45(60)38-72-36-43(58)52-13-9-19-66-25-29-70-31-27-68-21-11-15-56-48(63)76-50(4,5)6/h32-34H,8-31,35-38H2,1-7H3,(H,51,57)(H,52,58)(H,53,59)(H,54,60)(H,55,62)(H,56,63). The lowest BCUT2D eigenvalue weighted by atomic mass is 10.2. The summed E-state index contributed by atoms with van der Waals surface area (Å²) >= 11 is 0. The molecule has 1 rings (SSSR count). The molecule has 0 spiro atoms. The minimum atomic E-state index is -0.637. The van der Waals surface area contributed by atoms with Gasteiger partial charge < -0.3 is 93.5 Å². The van der Waals surface area contributed by atoms with E-state index < -0.39 is 41.2 Å². The average Bonchev–Trinajstić information content (AvgIpc) is 3.35. The number of amides is 6. The van der Waals surface area contributed by atoms with Gasteiger partial charge in [0.2, 0.25) is 23.6 Å². The van der Waals surface area contributed by atoms with E-state index in [1.807, 2.05) is 0 Å². The maximum atomic E-state index is 12.3. The van der Waals surface area contributed by atoms with Crippen molar-refractivity contribution in [1.29, 1.82) is 0 Å². The third kappa shape index (κ3) is 43.6. The molecule has 1 aromatic carbocycles.